The molecule has 0 amide bonds. The number of rotatable bonds is 3. The van der Waals surface area contributed by atoms with E-state index in [0.717, 1.165) is 12.2 Å². The molecule has 1 aromatic heterocycles. The van der Waals surface area contributed by atoms with E-state index in [9.17, 15) is 4.79 Å². The first kappa shape index (κ1) is 9.80. The molecule has 1 atom stereocenters. The maximum Gasteiger partial charge on any atom is 0.331 e. The Morgan fingerprint density at radius 1 is 1.69 bits per heavy atom. The van der Waals surface area contributed by atoms with Crippen LogP contribution in [0.3, 0.4) is 0 Å². The molecule has 0 radical (unpaired) electrons. The predicted molar refractivity (Wildman–Crippen MR) is 47.3 cm³/mol. The van der Waals surface area contributed by atoms with Gasteiger partial charge in [0, 0.05) is 6.42 Å². The maximum absolute atomic E-state index is 10.7. The van der Waals surface area contributed by atoms with Gasteiger partial charge in [0.25, 0.3) is 0 Å². The summed E-state index contributed by atoms with van der Waals surface area (Å²) in [4.78, 5) is 10.7. The van der Waals surface area contributed by atoms with Gasteiger partial charge in [-0.25, -0.2) is 4.79 Å². The summed E-state index contributed by atoms with van der Waals surface area (Å²) in [6, 6.07) is 3.34. The van der Waals surface area contributed by atoms with Crippen molar-refractivity contribution in [2.75, 3.05) is 0 Å². The Balaban J connectivity index is 3.00. The van der Waals surface area contributed by atoms with E-state index in [2.05, 4.69) is 0 Å². The Morgan fingerprint density at radius 3 is 2.69 bits per heavy atom. The van der Waals surface area contributed by atoms with Crippen molar-refractivity contribution in [1.29, 1.82) is 0 Å². The first-order valence-corrected chi connectivity index (χ1v) is 4.10. The average Bonchev–Trinajstić information content (AvgIpc) is 2.51. The topological polar surface area (TPSA) is 76.5 Å². The average molecular weight is 183 g/mol. The molecule has 1 aromatic rings. The van der Waals surface area contributed by atoms with Crippen molar-refractivity contribution in [3.8, 4) is 0 Å². The molecule has 0 aliphatic carbocycles. The summed E-state index contributed by atoms with van der Waals surface area (Å²) in [5, 5.41) is 8.79. The standard InChI is InChI=1S/C9H13NO3/c1-3-6-4-5-7(13-6)9(2,10)8(11)12/h4-5H,3,10H2,1-2H3,(H,11,12). The van der Waals surface area contributed by atoms with Crippen LogP contribution in [0, 0.1) is 0 Å². The molecule has 4 nitrogen and oxygen atoms in total. The highest BCUT2D eigenvalue weighted by Gasteiger charge is 2.33. The number of aryl methyl sites for hydroxylation is 1. The molecule has 0 fully saturated rings. The van der Waals surface area contributed by atoms with Gasteiger partial charge in [-0.1, -0.05) is 6.92 Å². The smallest absolute Gasteiger partial charge is 0.331 e. The lowest BCUT2D eigenvalue weighted by atomic mass is 10.0. The molecule has 72 valence electrons. The molecule has 0 saturated carbocycles. The molecule has 1 rings (SSSR count). The number of nitrogens with two attached hydrogens (primary N) is 1. The number of carboxylic acid groups (broad SMARTS) is 1. The fourth-order valence-electron chi connectivity index (χ4n) is 0.952. The second-order valence-electron chi connectivity index (χ2n) is 3.13. The summed E-state index contributed by atoms with van der Waals surface area (Å²) in [5.74, 6) is -0.0609. The van der Waals surface area contributed by atoms with Gasteiger partial charge in [0.15, 0.2) is 5.54 Å². The van der Waals surface area contributed by atoms with Crippen molar-refractivity contribution in [1.82, 2.24) is 0 Å². The predicted octanol–water partition coefficient (Wildman–Crippen LogP) is 1.10. The number of hydrogen-bond donors (Lipinski definition) is 2. The first-order chi connectivity index (χ1) is 5.98. The number of carboxylic acids is 1. The van der Waals surface area contributed by atoms with Crippen LogP contribution in [-0.2, 0) is 16.8 Å². The van der Waals surface area contributed by atoms with Crippen molar-refractivity contribution in [3.05, 3.63) is 23.7 Å². The van der Waals surface area contributed by atoms with Crippen molar-refractivity contribution < 1.29 is 14.3 Å². The number of furan rings is 1. The van der Waals surface area contributed by atoms with Crippen molar-refractivity contribution in [3.63, 3.8) is 0 Å². The molecule has 4 heteroatoms. The number of hydrogen-bond acceptors (Lipinski definition) is 3. The zero-order valence-corrected chi connectivity index (χ0v) is 7.70. The summed E-state index contributed by atoms with van der Waals surface area (Å²) in [7, 11) is 0. The maximum atomic E-state index is 10.7. The monoisotopic (exact) mass is 183 g/mol. The molecule has 13 heavy (non-hydrogen) atoms. The van der Waals surface area contributed by atoms with Gasteiger partial charge in [-0.2, -0.15) is 0 Å². The third kappa shape index (κ3) is 1.72. The number of carbonyl (C=O) groups is 1. The van der Waals surface area contributed by atoms with E-state index in [4.69, 9.17) is 15.3 Å². The molecule has 0 saturated heterocycles. The zero-order chi connectivity index (χ0) is 10.1. The quantitative estimate of drug-likeness (QED) is 0.735. The molecule has 1 unspecified atom stereocenters. The highest BCUT2D eigenvalue weighted by molar-refractivity contribution is 5.78. The Labute approximate surface area is 76.3 Å². The molecule has 3 N–H and O–H groups in total. The summed E-state index contributed by atoms with van der Waals surface area (Å²) >= 11 is 0. The van der Waals surface area contributed by atoms with Crippen molar-refractivity contribution in [2.24, 2.45) is 5.73 Å². The Hall–Kier alpha value is -1.29. The van der Waals surface area contributed by atoms with Gasteiger partial charge in [0.2, 0.25) is 0 Å². The van der Waals surface area contributed by atoms with Crippen LogP contribution in [0.2, 0.25) is 0 Å². The third-order valence-electron chi connectivity index (χ3n) is 1.97. The molecule has 0 spiro atoms. The number of aliphatic carboxylic acids is 1. The van der Waals surface area contributed by atoms with Crippen molar-refractivity contribution >= 4 is 5.97 Å². The second-order valence-corrected chi connectivity index (χ2v) is 3.13. The third-order valence-corrected chi connectivity index (χ3v) is 1.97. The molecular weight excluding hydrogens is 170 g/mol. The molecule has 0 aromatic carbocycles. The van der Waals surface area contributed by atoms with E-state index in [1.165, 1.54) is 6.92 Å². The van der Waals surface area contributed by atoms with Crippen LogP contribution in [0.1, 0.15) is 25.4 Å². The van der Waals surface area contributed by atoms with E-state index in [0.29, 0.717) is 0 Å². The van der Waals surface area contributed by atoms with E-state index in [-0.39, 0.29) is 5.76 Å². The minimum absolute atomic E-state index is 0.289. The van der Waals surface area contributed by atoms with Crippen molar-refractivity contribution in [2.45, 2.75) is 25.8 Å². The van der Waals surface area contributed by atoms with Crippen LogP contribution in [0.25, 0.3) is 0 Å². The highest BCUT2D eigenvalue weighted by Crippen LogP contribution is 2.20. The summed E-state index contributed by atoms with van der Waals surface area (Å²) in [6.45, 7) is 3.34. The lowest BCUT2D eigenvalue weighted by molar-refractivity contribution is -0.143. The lowest BCUT2D eigenvalue weighted by Gasteiger charge is -2.15. The summed E-state index contributed by atoms with van der Waals surface area (Å²) in [6.07, 6.45) is 0.732. The molecular formula is C9H13NO3. The van der Waals surface area contributed by atoms with Crippen LogP contribution >= 0.6 is 0 Å². The van der Waals surface area contributed by atoms with E-state index >= 15 is 0 Å². The van der Waals surface area contributed by atoms with Gasteiger partial charge >= 0.3 is 5.97 Å². The lowest BCUT2D eigenvalue weighted by Crippen LogP contribution is -2.41. The van der Waals surface area contributed by atoms with E-state index in [1.807, 2.05) is 6.92 Å². The Kier molecular flexibility index (Phi) is 2.43. The molecule has 1 heterocycles. The normalized spacial score (nSPS) is 15.3. The second kappa shape index (κ2) is 3.22. The van der Waals surface area contributed by atoms with Crippen LogP contribution in [0.4, 0.5) is 0 Å². The van der Waals surface area contributed by atoms with Crippen LogP contribution < -0.4 is 5.73 Å². The fourth-order valence-corrected chi connectivity index (χ4v) is 0.952. The largest absolute Gasteiger partial charge is 0.480 e. The zero-order valence-electron chi connectivity index (χ0n) is 7.70. The van der Waals surface area contributed by atoms with Crippen LogP contribution in [0.15, 0.2) is 16.5 Å². The van der Waals surface area contributed by atoms with Gasteiger partial charge in [-0.05, 0) is 19.1 Å². The van der Waals surface area contributed by atoms with Gasteiger partial charge in [-0.3, -0.25) is 0 Å². The summed E-state index contributed by atoms with van der Waals surface area (Å²) < 4.78 is 5.25. The Morgan fingerprint density at radius 2 is 2.31 bits per heavy atom. The van der Waals surface area contributed by atoms with Gasteiger partial charge in [0.05, 0.1) is 0 Å². The summed E-state index contributed by atoms with van der Waals surface area (Å²) in [5.41, 5.74) is 4.12. The molecule has 0 aliphatic heterocycles. The minimum Gasteiger partial charge on any atom is -0.480 e. The molecule has 0 aliphatic rings. The van der Waals surface area contributed by atoms with E-state index < -0.39 is 11.5 Å². The van der Waals surface area contributed by atoms with E-state index in [1.54, 1.807) is 12.1 Å². The SMILES string of the molecule is CCc1ccc(C(C)(N)C(=O)O)o1. The van der Waals surface area contributed by atoms with Gasteiger partial charge in [0.1, 0.15) is 11.5 Å². The highest BCUT2D eigenvalue weighted by atomic mass is 16.4. The van der Waals surface area contributed by atoms with Gasteiger partial charge < -0.3 is 15.3 Å². The molecule has 0 bridgehead atoms. The fraction of sp³-hybridized carbons (Fsp3) is 0.444. The minimum atomic E-state index is -1.44. The van der Waals surface area contributed by atoms with Crippen LogP contribution in [-0.4, -0.2) is 11.1 Å². The van der Waals surface area contributed by atoms with Gasteiger partial charge in [-0.15, -0.1) is 0 Å². The van der Waals surface area contributed by atoms with Crippen LogP contribution in [0.5, 0.6) is 0 Å². The first-order valence-electron chi connectivity index (χ1n) is 4.10. The Bertz CT molecular complexity index is 314.